The molecule has 0 nitrogen and oxygen atoms in total. The number of hydrogen-bond acceptors (Lipinski definition) is 0. The van der Waals surface area contributed by atoms with E-state index in [1.54, 1.807) is 0 Å². The van der Waals surface area contributed by atoms with Gasteiger partial charge < -0.3 is 0 Å². The molecule has 0 aliphatic heterocycles. The van der Waals surface area contributed by atoms with Crippen molar-refractivity contribution in [3.8, 4) is 0 Å². The van der Waals surface area contributed by atoms with Crippen LogP contribution in [0.15, 0.2) is 0 Å². The smallest absolute Gasteiger partial charge is 0.0295 e. The molecule has 0 spiro atoms. The molecule has 12 heavy (non-hydrogen) atoms. The normalized spacial score (nSPS) is 58.0. The Kier molecular flexibility index (Phi) is 1.79. The van der Waals surface area contributed by atoms with E-state index in [-0.39, 0.29) is 0 Å². The van der Waals surface area contributed by atoms with Gasteiger partial charge in [-0.25, -0.2) is 0 Å². The molecule has 0 radical (unpaired) electrons. The number of rotatable bonds is 1. The van der Waals surface area contributed by atoms with Crippen molar-refractivity contribution in [2.75, 3.05) is 0 Å². The van der Waals surface area contributed by atoms with E-state index in [0.717, 1.165) is 23.7 Å². The molecule has 2 aliphatic carbocycles. The van der Waals surface area contributed by atoms with Gasteiger partial charge in [0.15, 0.2) is 0 Å². The zero-order chi connectivity index (χ0) is 8.93. The molecule has 0 aromatic carbocycles. The molecule has 5 unspecified atom stereocenters. The first-order chi connectivity index (χ1) is 5.58. The van der Waals surface area contributed by atoms with Gasteiger partial charge in [0.1, 0.15) is 0 Å². The van der Waals surface area contributed by atoms with Crippen molar-refractivity contribution in [2.24, 2.45) is 29.1 Å². The van der Waals surface area contributed by atoms with Crippen LogP contribution in [-0.4, -0.2) is 0 Å². The molecule has 0 aromatic rings. The summed E-state index contributed by atoms with van der Waals surface area (Å²) in [6.07, 6.45) is 4.44. The minimum Gasteiger partial charge on any atom is -0.0649 e. The third-order valence-electron chi connectivity index (χ3n) is 5.20. The van der Waals surface area contributed by atoms with E-state index in [2.05, 4.69) is 27.7 Å². The summed E-state index contributed by atoms with van der Waals surface area (Å²) in [6.45, 7) is 9.82. The molecule has 0 saturated heterocycles. The molecule has 2 fully saturated rings. The van der Waals surface area contributed by atoms with E-state index in [4.69, 9.17) is 0 Å². The van der Waals surface area contributed by atoms with Gasteiger partial charge in [-0.1, -0.05) is 34.1 Å². The first-order valence-corrected chi connectivity index (χ1v) is 5.58. The van der Waals surface area contributed by atoms with Crippen molar-refractivity contribution < 1.29 is 0 Å². The van der Waals surface area contributed by atoms with E-state index >= 15 is 0 Å². The van der Waals surface area contributed by atoms with Crippen LogP contribution >= 0.6 is 0 Å². The van der Waals surface area contributed by atoms with Crippen molar-refractivity contribution in [1.29, 1.82) is 0 Å². The van der Waals surface area contributed by atoms with Crippen molar-refractivity contribution in [3.05, 3.63) is 0 Å². The summed E-state index contributed by atoms with van der Waals surface area (Å²) >= 11 is 0. The Hall–Kier alpha value is 0. The molecule has 0 amide bonds. The van der Waals surface area contributed by atoms with Crippen molar-refractivity contribution in [2.45, 2.75) is 47.0 Å². The van der Waals surface area contributed by atoms with Gasteiger partial charge in [-0.2, -0.15) is 0 Å². The van der Waals surface area contributed by atoms with Gasteiger partial charge in [-0.3, -0.25) is 0 Å². The SMILES string of the molecule is CCC1(C)CC2CC1C(C)C2C. The summed E-state index contributed by atoms with van der Waals surface area (Å²) in [6, 6.07) is 0. The minimum absolute atomic E-state index is 0.705. The van der Waals surface area contributed by atoms with E-state index in [1.807, 2.05) is 0 Å². The molecule has 0 heteroatoms. The van der Waals surface area contributed by atoms with Gasteiger partial charge in [0.25, 0.3) is 0 Å². The Labute approximate surface area is 76.7 Å². The zero-order valence-corrected chi connectivity index (χ0v) is 8.93. The maximum absolute atomic E-state index is 2.51. The fraction of sp³-hybridized carbons (Fsp3) is 1.00. The standard InChI is InChI=1S/C12H22/c1-5-12(4)7-10-6-11(12)9(3)8(10)2/h8-11H,5-7H2,1-4H3. The zero-order valence-electron chi connectivity index (χ0n) is 8.93. The van der Waals surface area contributed by atoms with Gasteiger partial charge in [0.2, 0.25) is 0 Å². The maximum Gasteiger partial charge on any atom is -0.0295 e. The second kappa shape index (κ2) is 2.49. The average Bonchev–Trinajstić information content (AvgIpc) is 2.52. The van der Waals surface area contributed by atoms with Crippen LogP contribution in [0.5, 0.6) is 0 Å². The predicted octanol–water partition coefficient (Wildman–Crippen LogP) is 3.71. The van der Waals surface area contributed by atoms with Gasteiger partial charge in [0, 0.05) is 0 Å². The molecular weight excluding hydrogens is 144 g/mol. The van der Waals surface area contributed by atoms with Gasteiger partial charge >= 0.3 is 0 Å². The first-order valence-electron chi connectivity index (χ1n) is 5.58. The Morgan fingerprint density at radius 1 is 1.25 bits per heavy atom. The third kappa shape index (κ3) is 0.900. The quantitative estimate of drug-likeness (QED) is 0.557. The van der Waals surface area contributed by atoms with Crippen LogP contribution < -0.4 is 0 Å². The molecule has 0 aromatic heterocycles. The highest BCUT2D eigenvalue weighted by Gasteiger charge is 2.53. The highest BCUT2D eigenvalue weighted by molar-refractivity contribution is 5.02. The average molecular weight is 166 g/mol. The lowest BCUT2D eigenvalue weighted by molar-refractivity contribution is 0.0960. The topological polar surface area (TPSA) is 0 Å². The lowest BCUT2D eigenvalue weighted by atomic mass is 9.65. The van der Waals surface area contributed by atoms with Crippen LogP contribution in [0.25, 0.3) is 0 Å². The van der Waals surface area contributed by atoms with Crippen molar-refractivity contribution in [1.82, 2.24) is 0 Å². The summed E-state index contributed by atoms with van der Waals surface area (Å²) in [5.41, 5.74) is 0.705. The number of hydrogen-bond donors (Lipinski definition) is 0. The molecule has 5 atom stereocenters. The second-order valence-corrected chi connectivity index (χ2v) is 5.53. The maximum atomic E-state index is 2.51. The lowest BCUT2D eigenvalue weighted by Gasteiger charge is -2.40. The largest absolute Gasteiger partial charge is 0.0649 e. The lowest BCUT2D eigenvalue weighted by Crippen LogP contribution is -2.32. The van der Waals surface area contributed by atoms with E-state index in [9.17, 15) is 0 Å². The molecule has 70 valence electrons. The Morgan fingerprint density at radius 2 is 1.92 bits per heavy atom. The van der Waals surface area contributed by atoms with Gasteiger partial charge in [0.05, 0.1) is 0 Å². The monoisotopic (exact) mass is 166 g/mol. The predicted molar refractivity (Wildman–Crippen MR) is 52.9 cm³/mol. The molecule has 0 N–H and O–H groups in total. The van der Waals surface area contributed by atoms with Crippen LogP contribution in [0.1, 0.15) is 47.0 Å². The summed E-state index contributed by atoms with van der Waals surface area (Å²) < 4.78 is 0. The fourth-order valence-corrected chi connectivity index (χ4v) is 3.90. The Morgan fingerprint density at radius 3 is 2.33 bits per heavy atom. The van der Waals surface area contributed by atoms with E-state index in [1.165, 1.54) is 19.3 Å². The second-order valence-electron chi connectivity index (χ2n) is 5.53. The van der Waals surface area contributed by atoms with Crippen LogP contribution in [0.4, 0.5) is 0 Å². The molecule has 0 heterocycles. The third-order valence-corrected chi connectivity index (χ3v) is 5.20. The van der Waals surface area contributed by atoms with E-state index < -0.39 is 0 Å². The van der Waals surface area contributed by atoms with Crippen LogP contribution in [0.3, 0.4) is 0 Å². The Bertz CT molecular complexity index is 182. The highest BCUT2D eigenvalue weighted by atomic mass is 14.6. The molecule has 2 saturated carbocycles. The minimum atomic E-state index is 0.705. The van der Waals surface area contributed by atoms with Crippen molar-refractivity contribution >= 4 is 0 Å². The van der Waals surface area contributed by atoms with Crippen LogP contribution in [0.2, 0.25) is 0 Å². The van der Waals surface area contributed by atoms with Crippen molar-refractivity contribution in [3.63, 3.8) is 0 Å². The Balaban J connectivity index is 2.20. The summed E-state index contributed by atoms with van der Waals surface area (Å²) in [7, 11) is 0. The summed E-state index contributed by atoms with van der Waals surface area (Å²) in [4.78, 5) is 0. The fourth-order valence-electron chi connectivity index (χ4n) is 3.90. The molecule has 2 rings (SSSR count). The van der Waals surface area contributed by atoms with E-state index in [0.29, 0.717) is 5.41 Å². The first kappa shape index (κ1) is 8.59. The summed E-state index contributed by atoms with van der Waals surface area (Å²) in [5, 5.41) is 0. The van der Waals surface area contributed by atoms with Gasteiger partial charge in [-0.15, -0.1) is 0 Å². The van der Waals surface area contributed by atoms with Crippen LogP contribution in [0, 0.1) is 29.1 Å². The number of fused-ring (bicyclic) bond motifs is 2. The van der Waals surface area contributed by atoms with Crippen LogP contribution in [-0.2, 0) is 0 Å². The van der Waals surface area contributed by atoms with Gasteiger partial charge in [-0.05, 0) is 41.9 Å². The molecule has 2 bridgehead atoms. The molecule has 2 aliphatic rings. The summed E-state index contributed by atoms with van der Waals surface area (Å²) in [5.74, 6) is 4.11. The molecular formula is C12H22. The highest BCUT2D eigenvalue weighted by Crippen LogP contribution is 2.61.